The number of hydrogen-bond acceptors (Lipinski definition) is 3. The predicted molar refractivity (Wildman–Crippen MR) is 78.5 cm³/mol. The van der Waals surface area contributed by atoms with E-state index >= 15 is 0 Å². The summed E-state index contributed by atoms with van der Waals surface area (Å²) in [5.74, 6) is 0.490. The lowest BCUT2D eigenvalue weighted by Crippen LogP contribution is -2.31. The molecule has 0 fully saturated rings. The van der Waals surface area contributed by atoms with E-state index in [4.69, 9.17) is 4.52 Å². The number of benzene rings is 2. The molecule has 3 rings (SSSR count). The van der Waals surface area contributed by atoms with Crippen LogP contribution in [0.4, 0.5) is 5.69 Å². The fourth-order valence-corrected chi connectivity index (χ4v) is 4.77. The van der Waals surface area contributed by atoms with Gasteiger partial charge in [0.1, 0.15) is 11.5 Å². The minimum absolute atomic E-state index is 0.176. The van der Waals surface area contributed by atoms with E-state index in [-0.39, 0.29) is 5.78 Å². The van der Waals surface area contributed by atoms with Gasteiger partial charge in [0.2, 0.25) is 0 Å². The van der Waals surface area contributed by atoms with E-state index in [0.717, 1.165) is 17.4 Å². The number of hydrogen-bond donors (Lipinski definition) is 1. The van der Waals surface area contributed by atoms with Crippen LogP contribution in [0, 0.1) is 0 Å². The number of fused-ring (bicyclic) bond motifs is 1. The fourth-order valence-electron chi connectivity index (χ4n) is 2.35. The molecule has 0 aliphatic carbocycles. The molecule has 4 heteroatoms. The molecule has 0 saturated carbocycles. The molecule has 98 valence electrons. The Morgan fingerprint density at radius 1 is 1.11 bits per heavy atom. The first-order chi connectivity index (χ1) is 9.24. The maximum atomic E-state index is 13.3. The SMILES string of the molecule is CC[C@@H]1Nc2ccccc2O[P@@]1(=O)c1ccccc1. The van der Waals surface area contributed by atoms with Gasteiger partial charge in [-0.1, -0.05) is 37.3 Å². The average molecular weight is 273 g/mol. The molecule has 1 heterocycles. The highest BCUT2D eigenvalue weighted by atomic mass is 31.2. The molecule has 1 aliphatic rings. The second kappa shape index (κ2) is 4.75. The second-order valence-corrected chi connectivity index (χ2v) is 7.10. The molecule has 2 aromatic carbocycles. The zero-order valence-corrected chi connectivity index (χ0v) is 11.6. The first-order valence-electron chi connectivity index (χ1n) is 6.44. The summed E-state index contributed by atoms with van der Waals surface area (Å²) in [6, 6.07) is 17.1. The van der Waals surface area contributed by atoms with Crippen molar-refractivity contribution in [2.75, 3.05) is 5.32 Å². The van der Waals surface area contributed by atoms with Crippen LogP contribution in [0.2, 0.25) is 0 Å². The van der Waals surface area contributed by atoms with Crippen LogP contribution in [0.25, 0.3) is 0 Å². The van der Waals surface area contributed by atoms with Crippen molar-refractivity contribution in [3.8, 4) is 5.75 Å². The van der Waals surface area contributed by atoms with Crippen molar-refractivity contribution in [2.24, 2.45) is 0 Å². The van der Waals surface area contributed by atoms with E-state index in [1.807, 2.05) is 61.5 Å². The highest BCUT2D eigenvalue weighted by Crippen LogP contribution is 2.56. The molecule has 2 aromatic rings. The van der Waals surface area contributed by atoms with Crippen molar-refractivity contribution in [1.82, 2.24) is 0 Å². The van der Waals surface area contributed by atoms with Crippen LogP contribution >= 0.6 is 7.37 Å². The van der Waals surface area contributed by atoms with E-state index in [9.17, 15) is 4.57 Å². The largest absolute Gasteiger partial charge is 0.436 e. The van der Waals surface area contributed by atoms with Crippen LogP contribution in [0.15, 0.2) is 54.6 Å². The molecule has 1 aliphatic heterocycles. The van der Waals surface area contributed by atoms with Gasteiger partial charge in [-0.05, 0) is 30.7 Å². The lowest BCUT2D eigenvalue weighted by Gasteiger charge is -2.34. The Kier molecular flexibility index (Phi) is 3.08. The van der Waals surface area contributed by atoms with Crippen LogP contribution in [0.5, 0.6) is 5.75 Å². The van der Waals surface area contributed by atoms with Crippen LogP contribution in [-0.2, 0) is 4.57 Å². The quantitative estimate of drug-likeness (QED) is 0.845. The molecular weight excluding hydrogens is 257 g/mol. The molecule has 0 bridgehead atoms. The van der Waals surface area contributed by atoms with Gasteiger partial charge in [-0.25, -0.2) is 0 Å². The Hall–Kier alpha value is -1.73. The van der Waals surface area contributed by atoms with E-state index in [2.05, 4.69) is 5.32 Å². The summed E-state index contributed by atoms with van der Waals surface area (Å²) < 4.78 is 19.2. The third-order valence-corrected chi connectivity index (χ3v) is 6.16. The van der Waals surface area contributed by atoms with Crippen molar-refractivity contribution < 1.29 is 9.09 Å². The third kappa shape index (κ3) is 2.04. The Balaban J connectivity index is 2.09. The highest BCUT2D eigenvalue weighted by molar-refractivity contribution is 7.68. The summed E-state index contributed by atoms with van der Waals surface area (Å²) in [5, 5.41) is 4.12. The minimum Gasteiger partial charge on any atom is -0.436 e. The zero-order valence-electron chi connectivity index (χ0n) is 10.7. The van der Waals surface area contributed by atoms with Gasteiger partial charge in [0.25, 0.3) is 7.37 Å². The first-order valence-corrected chi connectivity index (χ1v) is 8.14. The molecule has 0 amide bonds. The van der Waals surface area contributed by atoms with E-state index < -0.39 is 7.37 Å². The van der Waals surface area contributed by atoms with Crippen molar-refractivity contribution in [1.29, 1.82) is 0 Å². The summed E-state index contributed by atoms with van der Waals surface area (Å²) in [6.07, 6.45) is 0.751. The van der Waals surface area contributed by atoms with Crippen LogP contribution < -0.4 is 15.1 Å². The van der Waals surface area contributed by atoms with Crippen LogP contribution in [-0.4, -0.2) is 5.78 Å². The molecule has 0 unspecified atom stereocenters. The maximum Gasteiger partial charge on any atom is 0.298 e. The van der Waals surface area contributed by atoms with Gasteiger partial charge in [-0.2, -0.15) is 0 Å². The summed E-state index contributed by atoms with van der Waals surface area (Å²) in [4.78, 5) is 0. The highest BCUT2D eigenvalue weighted by Gasteiger charge is 2.40. The molecule has 1 N–H and O–H groups in total. The number of para-hydroxylation sites is 2. The van der Waals surface area contributed by atoms with Crippen LogP contribution in [0.1, 0.15) is 13.3 Å². The number of nitrogens with one attached hydrogen (secondary N) is 1. The Bertz CT molecular complexity index is 627. The van der Waals surface area contributed by atoms with E-state index in [1.54, 1.807) is 0 Å². The Morgan fingerprint density at radius 3 is 2.53 bits per heavy atom. The lowest BCUT2D eigenvalue weighted by atomic mass is 10.3. The summed E-state index contributed by atoms with van der Waals surface area (Å²) in [5.41, 5.74) is 0.914. The molecule has 19 heavy (non-hydrogen) atoms. The van der Waals surface area contributed by atoms with Crippen molar-refractivity contribution in [3.63, 3.8) is 0 Å². The normalized spacial score (nSPS) is 25.0. The third-order valence-electron chi connectivity index (χ3n) is 3.36. The molecule has 3 nitrogen and oxygen atoms in total. The van der Waals surface area contributed by atoms with Gasteiger partial charge in [0.15, 0.2) is 0 Å². The monoisotopic (exact) mass is 273 g/mol. The molecule has 0 radical (unpaired) electrons. The molecule has 0 spiro atoms. The van der Waals surface area contributed by atoms with Gasteiger partial charge in [-0.15, -0.1) is 0 Å². The lowest BCUT2D eigenvalue weighted by molar-refractivity contribution is 0.473. The number of rotatable bonds is 2. The van der Waals surface area contributed by atoms with Crippen molar-refractivity contribution in [3.05, 3.63) is 54.6 Å². The minimum atomic E-state index is -2.92. The van der Waals surface area contributed by atoms with Crippen molar-refractivity contribution in [2.45, 2.75) is 19.1 Å². The topological polar surface area (TPSA) is 38.3 Å². The predicted octanol–water partition coefficient (Wildman–Crippen LogP) is 3.83. The Morgan fingerprint density at radius 2 is 1.79 bits per heavy atom. The van der Waals surface area contributed by atoms with Gasteiger partial charge in [0.05, 0.1) is 11.0 Å². The van der Waals surface area contributed by atoms with Crippen molar-refractivity contribution >= 4 is 18.4 Å². The van der Waals surface area contributed by atoms with Gasteiger partial charge in [-0.3, -0.25) is 4.57 Å². The molecule has 2 atom stereocenters. The average Bonchev–Trinajstić information content (AvgIpc) is 2.47. The zero-order chi connectivity index (χ0) is 13.3. The van der Waals surface area contributed by atoms with Crippen LogP contribution in [0.3, 0.4) is 0 Å². The van der Waals surface area contributed by atoms with Gasteiger partial charge >= 0.3 is 0 Å². The molecular formula is C15H16NO2P. The second-order valence-electron chi connectivity index (χ2n) is 4.59. The smallest absolute Gasteiger partial charge is 0.298 e. The maximum absolute atomic E-state index is 13.3. The molecule has 0 aromatic heterocycles. The number of anilines is 1. The fraction of sp³-hybridized carbons (Fsp3) is 0.200. The summed E-state index contributed by atoms with van der Waals surface area (Å²) in [6.45, 7) is 2.02. The Labute approximate surface area is 113 Å². The van der Waals surface area contributed by atoms with E-state index in [0.29, 0.717) is 5.75 Å². The molecule has 0 saturated heterocycles. The van der Waals surface area contributed by atoms with Gasteiger partial charge < -0.3 is 9.84 Å². The van der Waals surface area contributed by atoms with E-state index in [1.165, 1.54) is 0 Å². The summed E-state index contributed by atoms with van der Waals surface area (Å²) >= 11 is 0. The standard InChI is InChI=1S/C15H16NO2P/c1-2-15-16-13-10-6-7-11-14(13)18-19(15,17)12-8-4-3-5-9-12/h3-11,15-16H,2H2,1H3/t15-,19+/m1/s1. The first kappa shape index (κ1) is 12.3. The van der Waals surface area contributed by atoms with Gasteiger partial charge in [0, 0.05) is 0 Å². The summed E-state index contributed by atoms with van der Waals surface area (Å²) in [7, 11) is -2.92.